The van der Waals surface area contributed by atoms with Crippen molar-refractivity contribution in [1.29, 1.82) is 0 Å². The van der Waals surface area contributed by atoms with Gasteiger partial charge in [0.25, 0.3) is 0 Å². The van der Waals surface area contributed by atoms with Crippen molar-refractivity contribution in [2.45, 2.75) is 0 Å². The van der Waals surface area contributed by atoms with E-state index in [9.17, 15) is 0 Å². The van der Waals surface area contributed by atoms with Crippen LogP contribution in [0, 0.1) is 15.7 Å². The molecule has 0 amide bonds. The molecule has 0 N–H and O–H groups in total. The first-order valence-electron chi connectivity index (χ1n) is 1.31. The normalized spacial score (nSPS) is 23.1. The van der Waals surface area contributed by atoms with E-state index in [-0.39, 0.29) is 0 Å². The Kier molecular flexibility index (Phi) is 2.48. The Morgan fingerprint density at radius 2 is 0.571 bits per heavy atom. The molecule has 0 spiro atoms. The standard InChI is InChI=1S/6ClH.La/h6*1H;/q;;;;;;+6/p-6. The summed E-state index contributed by atoms with van der Waals surface area (Å²) in [5.74, 6) is 0. The van der Waals surface area contributed by atoms with Crippen molar-refractivity contribution in [2.24, 2.45) is 0 Å². The van der Waals surface area contributed by atoms with Crippen molar-refractivity contribution in [3.8, 4) is 0 Å². The van der Waals surface area contributed by atoms with E-state index in [0.717, 1.165) is 0 Å². The van der Waals surface area contributed by atoms with Gasteiger partial charge in [0.1, 0.15) is 0 Å². The topological polar surface area (TPSA) is 0 Å². The number of hydrogen-bond donors (Lipinski definition) is 0. The van der Waals surface area contributed by atoms with Gasteiger partial charge in [0.05, 0.1) is 0 Å². The molecule has 0 saturated heterocycles. The van der Waals surface area contributed by atoms with E-state index >= 15 is 0 Å². The summed E-state index contributed by atoms with van der Waals surface area (Å²) in [6.07, 6.45) is 0. The van der Waals surface area contributed by atoms with Gasteiger partial charge < -0.3 is 0 Å². The van der Waals surface area contributed by atoms with Crippen LogP contribution >= 0.6 is 40.7 Å². The third kappa shape index (κ3) is 49.9. The Balaban J connectivity index is 4.43. The summed E-state index contributed by atoms with van der Waals surface area (Å²) in [7, 11) is 0. The molecule has 7 heavy (non-hydrogen) atoms. The quantitative estimate of drug-likeness (QED) is 0.615. The molecular weight excluding hydrogens is 352 g/mol. The summed E-state index contributed by atoms with van der Waals surface area (Å²) in [5.41, 5.74) is 0. The van der Waals surface area contributed by atoms with Crippen LogP contribution in [0.1, 0.15) is 0 Å². The van der Waals surface area contributed by atoms with Gasteiger partial charge in [-0.3, -0.25) is 0 Å². The molecule has 0 aliphatic rings. The molecule has 0 aliphatic carbocycles. The van der Waals surface area contributed by atoms with Crippen molar-refractivity contribution in [3.05, 3.63) is 0 Å². The molecule has 0 aromatic carbocycles. The molecule has 0 unspecified atom stereocenters. The monoisotopic (exact) mass is 349 g/mol. The van der Waals surface area contributed by atoms with E-state index in [4.69, 9.17) is 40.7 Å². The first kappa shape index (κ1) is 9.93. The molecule has 0 fully saturated rings. The van der Waals surface area contributed by atoms with Crippen LogP contribution in [-0.2, 0) is 0 Å². The van der Waals surface area contributed by atoms with E-state index in [1.165, 1.54) is 0 Å². The maximum atomic E-state index is 5.08. The van der Waals surface area contributed by atoms with Crippen LogP contribution in [-0.4, -0.2) is 0 Å². The second kappa shape index (κ2) is 1.75. The molecular formula is Cl6La. The number of halogens is 6. The van der Waals surface area contributed by atoms with Crippen molar-refractivity contribution in [3.63, 3.8) is 0 Å². The second-order valence-electron chi connectivity index (χ2n) is 1.24. The molecule has 0 aromatic rings. The summed E-state index contributed by atoms with van der Waals surface area (Å²) < 4.78 is 0. The van der Waals surface area contributed by atoms with Crippen LogP contribution in [0.5, 0.6) is 0 Å². The van der Waals surface area contributed by atoms with Gasteiger partial charge in [-0.15, -0.1) is 0 Å². The second-order valence-corrected chi connectivity index (χ2v) is 81.1. The molecule has 45 valence electrons. The van der Waals surface area contributed by atoms with Gasteiger partial charge in [-0.1, -0.05) is 0 Å². The molecule has 0 heterocycles. The fourth-order valence-corrected chi connectivity index (χ4v) is 0. The van der Waals surface area contributed by atoms with Crippen molar-refractivity contribution in [2.75, 3.05) is 0 Å². The van der Waals surface area contributed by atoms with Gasteiger partial charge in [-0.2, -0.15) is 0 Å². The summed E-state index contributed by atoms with van der Waals surface area (Å²) in [5, 5.41) is 0. The van der Waals surface area contributed by atoms with E-state index in [0.29, 0.717) is 0 Å². The predicted octanol–water partition coefficient (Wildman–Crippen LogP) is 4.14. The van der Waals surface area contributed by atoms with Gasteiger partial charge in [-0.05, 0) is 0 Å². The van der Waals surface area contributed by atoms with Crippen LogP contribution in [0.2, 0.25) is 0 Å². The Labute approximate surface area is 54.8 Å². The van der Waals surface area contributed by atoms with Crippen LogP contribution in [0.25, 0.3) is 0 Å². The van der Waals surface area contributed by atoms with E-state index < -0.39 is 15.7 Å². The Morgan fingerprint density at radius 1 is 0.571 bits per heavy atom. The first-order chi connectivity index (χ1) is 2.45. The Morgan fingerprint density at radius 3 is 0.571 bits per heavy atom. The third-order valence-electron chi connectivity index (χ3n) is 0. The molecule has 0 aromatic heterocycles. The summed E-state index contributed by atoms with van der Waals surface area (Å²) in [6, 6.07) is 0. The molecule has 0 rings (SSSR count). The fraction of sp³-hybridized carbons (Fsp3) is 0. The fourth-order valence-electron chi connectivity index (χ4n) is 0. The summed E-state index contributed by atoms with van der Waals surface area (Å²) >= 11 is -5.61. The van der Waals surface area contributed by atoms with E-state index in [1.807, 2.05) is 0 Å². The average molecular weight is 352 g/mol. The van der Waals surface area contributed by atoms with Crippen LogP contribution < -0.4 is 0 Å². The molecule has 0 bridgehead atoms. The van der Waals surface area contributed by atoms with Crippen LogP contribution in [0.4, 0.5) is 0 Å². The van der Waals surface area contributed by atoms with Gasteiger partial charge in [-0.25, -0.2) is 0 Å². The number of hydrogen-bond acceptors (Lipinski definition) is 0. The minimum atomic E-state index is -5.61. The minimum absolute atomic E-state index is 5.08. The molecule has 0 aliphatic heterocycles. The van der Waals surface area contributed by atoms with Gasteiger partial charge in [0.2, 0.25) is 0 Å². The Bertz CT molecular complexity index is 62.7. The van der Waals surface area contributed by atoms with E-state index in [2.05, 4.69) is 0 Å². The Hall–Kier alpha value is 2.93. The van der Waals surface area contributed by atoms with Gasteiger partial charge in [0.15, 0.2) is 0 Å². The summed E-state index contributed by atoms with van der Waals surface area (Å²) in [4.78, 5) is 0. The first-order valence-corrected chi connectivity index (χ1v) is 28.6. The SMILES string of the molecule is [Cl][La]([Cl])([Cl])([Cl])([Cl])[Cl]. The molecule has 0 atom stereocenters. The molecule has 7 heteroatoms. The predicted molar refractivity (Wildman–Crippen MR) is 35.1 cm³/mol. The summed E-state index contributed by atoms with van der Waals surface area (Å²) in [6.45, 7) is 30.5. The molecule has 0 radical (unpaired) electrons. The maximum absolute atomic E-state index is 5.61. The molecule has 0 nitrogen and oxygen atoms in total. The van der Waals surface area contributed by atoms with Gasteiger partial charge >= 0.3 is 56.5 Å². The van der Waals surface area contributed by atoms with Crippen molar-refractivity contribution >= 4 is 40.7 Å². The zero-order chi connectivity index (χ0) is 6.41. The van der Waals surface area contributed by atoms with Crippen molar-refractivity contribution in [1.82, 2.24) is 0 Å². The van der Waals surface area contributed by atoms with Crippen molar-refractivity contribution < 1.29 is 15.7 Å². The molecule has 0 saturated carbocycles. The average Bonchev–Trinajstić information content (AvgIpc) is 0.592. The number of rotatable bonds is 0. The zero-order valence-corrected chi connectivity index (χ0v) is 11.0. The van der Waals surface area contributed by atoms with E-state index in [1.54, 1.807) is 0 Å². The zero-order valence-electron chi connectivity index (χ0n) is 2.85. The van der Waals surface area contributed by atoms with Crippen LogP contribution in [0.15, 0.2) is 0 Å². The van der Waals surface area contributed by atoms with Crippen LogP contribution in [0.3, 0.4) is 0 Å². The third-order valence-corrected chi connectivity index (χ3v) is 0. The van der Waals surface area contributed by atoms with Gasteiger partial charge in [0, 0.05) is 0 Å².